The average Bonchev–Trinajstić information content (AvgIpc) is 3.59. The lowest BCUT2D eigenvalue weighted by Gasteiger charge is -2.61. The summed E-state index contributed by atoms with van der Waals surface area (Å²) in [7, 11) is 91.7. The van der Waals surface area contributed by atoms with E-state index in [2.05, 4.69) is 31.4 Å². The summed E-state index contributed by atoms with van der Waals surface area (Å²) in [5.41, 5.74) is 0.742. The van der Waals surface area contributed by atoms with Crippen LogP contribution < -0.4 is 10.6 Å². The fraction of sp³-hybridized carbons (Fsp3) is 0.935. The van der Waals surface area contributed by atoms with Gasteiger partial charge in [0.25, 0.3) is 0 Å². The molecule has 1 amide bonds. The quantitative estimate of drug-likeness (QED) is 0.0462. The molecule has 37 heteroatoms. The van der Waals surface area contributed by atoms with E-state index in [4.69, 9.17) is 121 Å². The third-order valence-corrected chi connectivity index (χ3v) is 18.2. The number of rotatable bonds is 25. The molecule has 0 saturated heterocycles. The zero-order valence-corrected chi connectivity index (χ0v) is 41.7. The van der Waals surface area contributed by atoms with Crippen molar-refractivity contribution in [1.82, 2.24) is 10.6 Å². The molecule has 0 aromatic heterocycles. The molecule has 6 unspecified atom stereocenters. The number of aliphatic carboxylic acids is 1. The molecular weight excluding hydrogens is 805 g/mol. The highest BCUT2D eigenvalue weighted by molar-refractivity contribution is 8.26. The second-order valence-electron chi connectivity index (χ2n) is 22.1. The van der Waals surface area contributed by atoms with E-state index in [1.54, 1.807) is 7.05 Å². The summed E-state index contributed by atoms with van der Waals surface area (Å²) in [4.78, 5) is 23.7. The summed E-state index contributed by atoms with van der Waals surface area (Å²) in [5, 5.41) is 34.6. The lowest BCUT2D eigenvalue weighted by atomic mass is 8.32. The second kappa shape index (κ2) is 28.6. The number of hydrogen-bond donors (Lipinski definition) is 5. The summed E-state index contributed by atoms with van der Waals surface area (Å²) >= 11 is 0. The molecule has 0 aromatic carbocycles. The van der Waals surface area contributed by atoms with Crippen LogP contribution in [0.15, 0.2) is 0 Å². The first kappa shape index (κ1) is 63.1. The van der Waals surface area contributed by atoms with E-state index in [1.807, 2.05) is 0 Å². The molecule has 68 heavy (non-hydrogen) atoms. The molecule has 10 atom stereocenters. The van der Waals surface area contributed by atoms with Crippen LogP contribution in [0.4, 0.5) is 0 Å². The smallest absolute Gasteiger partial charge is 0.454 e. The number of carbonyl (C=O) groups excluding carboxylic acids is 1. The van der Waals surface area contributed by atoms with Gasteiger partial charge >= 0.3 is 13.1 Å². The lowest BCUT2D eigenvalue weighted by molar-refractivity contribution is -0.139. The van der Waals surface area contributed by atoms with Gasteiger partial charge < -0.3 is 25.8 Å². The van der Waals surface area contributed by atoms with E-state index < -0.39 is 102 Å². The van der Waals surface area contributed by atoms with Crippen LogP contribution in [0.1, 0.15) is 111 Å². The van der Waals surface area contributed by atoms with Gasteiger partial charge in [0.2, 0.25) is 5.91 Å². The summed E-state index contributed by atoms with van der Waals surface area (Å²) in [6.07, 6.45) is 2.71. The van der Waals surface area contributed by atoms with Gasteiger partial charge in [-0.15, -0.1) is 0 Å². The summed E-state index contributed by atoms with van der Waals surface area (Å²) in [6, 6.07) is -0.513. The number of nitrogens with one attached hydrogen (secondary N) is 2. The monoisotopic (exact) mass is 866 g/mol. The third-order valence-electron chi connectivity index (χ3n) is 18.2. The van der Waals surface area contributed by atoms with Gasteiger partial charge in [-0.05, 0) is 136 Å². The Morgan fingerprint density at radius 3 is 1.65 bits per heavy atom. The highest BCUT2D eigenvalue weighted by Gasteiger charge is 2.61. The largest absolute Gasteiger partial charge is 0.480 e. The number of carboxylic acids is 1. The summed E-state index contributed by atoms with van der Waals surface area (Å²) < 4.78 is 0. The summed E-state index contributed by atoms with van der Waals surface area (Å²) in [5.74, 6) is 3.63. The van der Waals surface area contributed by atoms with Crippen LogP contribution in [0, 0.1) is 46.3 Å². The Hall–Kier alpha value is 0.768. The van der Waals surface area contributed by atoms with E-state index in [1.165, 1.54) is 45.6 Å². The Morgan fingerprint density at radius 1 is 0.662 bits per heavy atom. The van der Waals surface area contributed by atoms with Gasteiger partial charge in [0.05, 0.1) is 0 Å². The first-order valence-electron chi connectivity index (χ1n) is 25.4. The highest BCUT2D eigenvalue weighted by Crippen LogP contribution is 2.69. The van der Waals surface area contributed by atoms with Crippen molar-refractivity contribution >= 4 is 225 Å². The van der Waals surface area contributed by atoms with Crippen LogP contribution in [0.25, 0.3) is 0 Å². The average molecular weight is 860 g/mol. The van der Waals surface area contributed by atoms with Crippen LogP contribution >= 0.6 is 0 Å². The van der Waals surface area contributed by atoms with E-state index in [9.17, 15) is 19.6 Å². The maximum absolute atomic E-state index is 12.6. The van der Waals surface area contributed by atoms with E-state index in [-0.39, 0.29) is 11.7 Å². The molecule has 0 aromatic rings. The zero-order valence-electron chi connectivity index (χ0n) is 41.7. The van der Waals surface area contributed by atoms with Crippen LogP contribution in [0.2, 0.25) is 5.82 Å². The Kier molecular flexibility index (Phi) is 26.5. The van der Waals surface area contributed by atoms with Crippen LogP contribution in [-0.4, -0.2) is 260 Å². The number of likely N-dealkylation sites (N-methyl/N-ethyl adjacent to an activating group) is 1. The topological polar surface area (TPSA) is 119 Å². The van der Waals surface area contributed by atoms with Gasteiger partial charge in [-0.2, -0.15) is 0 Å². The van der Waals surface area contributed by atoms with Gasteiger partial charge in [0.15, 0.2) is 0 Å². The molecule has 0 aliphatic heterocycles. The van der Waals surface area contributed by atoms with Gasteiger partial charge in [0, 0.05) is 219 Å². The van der Waals surface area contributed by atoms with Crippen molar-refractivity contribution in [2.75, 3.05) is 13.6 Å². The predicted octanol–water partition coefficient (Wildman–Crippen LogP) is -6.18. The van der Waals surface area contributed by atoms with Crippen molar-refractivity contribution < 1.29 is 24.7 Å². The first-order chi connectivity index (χ1) is 31.7. The Balaban J connectivity index is 0.000000379. The SMILES string of the molecule is CNC(CCCCNC(=O)CCC(C)C1CCC2C3CC[C@H]4C[C@@H](B(O)O)CC[C@@]4(C)C3CC[C@@]12C)C(=O)O.[B][B]B(B([B])[B])B(B(B([B])[B])B([B])[B])B(B(B([B])[B])B([B])[B])B(B([B])[B])B([B])[B]. The van der Waals surface area contributed by atoms with Gasteiger partial charge in [-0.25, -0.2) is 0 Å². The minimum Gasteiger partial charge on any atom is -0.480 e. The van der Waals surface area contributed by atoms with Crippen LogP contribution in [0.5, 0.6) is 0 Å². The normalized spacial score (nSPS) is 26.4. The predicted molar refractivity (Wildman–Crippen MR) is 322 cm³/mol. The highest BCUT2D eigenvalue weighted by atomic mass is 16.4. The molecule has 4 saturated carbocycles. The Morgan fingerprint density at radius 2 is 1.18 bits per heavy atom. The number of fused-ring (bicyclic) bond motifs is 5. The molecule has 309 valence electrons. The molecule has 4 aliphatic rings. The summed E-state index contributed by atoms with van der Waals surface area (Å²) in [6.45, 7) is 8.11. The van der Waals surface area contributed by atoms with Crippen molar-refractivity contribution in [3.8, 4) is 0 Å². The fourth-order valence-corrected chi connectivity index (χ4v) is 14.6. The molecule has 0 heterocycles. The lowest BCUT2D eigenvalue weighted by Crippen LogP contribution is -2.87. The number of amides is 1. The zero-order chi connectivity index (χ0) is 51.6. The third kappa shape index (κ3) is 15.7. The van der Waals surface area contributed by atoms with Crippen LogP contribution in [0.3, 0.4) is 0 Å². The molecule has 4 rings (SSSR count). The maximum atomic E-state index is 12.6. The van der Waals surface area contributed by atoms with Crippen molar-refractivity contribution in [1.29, 1.82) is 0 Å². The second-order valence-corrected chi connectivity index (χ2v) is 22.1. The molecule has 31 radical (unpaired) electrons. The maximum Gasteiger partial charge on any atom is 0.454 e. The molecule has 7 nitrogen and oxygen atoms in total. The number of unbranched alkanes of at least 4 members (excludes halogenated alkanes) is 1. The molecule has 5 N–H and O–H groups in total. The molecular formula is C31H55B30N2O5. The van der Waals surface area contributed by atoms with Crippen molar-refractivity contribution in [2.45, 2.75) is 123 Å². The van der Waals surface area contributed by atoms with Crippen molar-refractivity contribution in [3.63, 3.8) is 0 Å². The van der Waals surface area contributed by atoms with Crippen LogP contribution in [-0.2, 0) is 9.59 Å². The minimum absolute atomic E-state index is 0.0602. The number of hydrogen-bond acceptors (Lipinski definition) is 5. The number of carboxylic acid groups (broad SMARTS) is 1. The van der Waals surface area contributed by atoms with E-state index >= 15 is 0 Å². The fourth-order valence-electron chi connectivity index (χ4n) is 14.6. The number of carbonyl (C=O) groups is 2. The van der Waals surface area contributed by atoms with Gasteiger partial charge in [0.1, 0.15) is 6.04 Å². The van der Waals surface area contributed by atoms with Crippen molar-refractivity contribution in [2.24, 2.45) is 46.3 Å². The molecule has 4 fully saturated rings. The Labute approximate surface area is 440 Å². The van der Waals surface area contributed by atoms with Gasteiger partial charge in [-0.3, -0.25) is 9.59 Å². The standard InChI is InChI=1S/C31H55BN2O5.B29/c1-20(8-13-28(35)34-18-6-5-7-27(33-4)29(36)37)24-11-12-25-23-10-9-21-19-22(32(38)39)14-16-30(21,2)26(23)15-17-31(24,25)3;1-16-24(17(2)3)28(25(18(4)5)19(6)7)29(26(20(8)9)21(10)11)27(22(12)13)23(14)15/h20-27,33,38-39H,5-19H2,1-4H3,(H,34,35)(H,36,37);/t20?,21-,22-,23?,24?,25?,26?,27?,30+,31-;/m0./s1. The molecule has 0 spiro atoms. The van der Waals surface area contributed by atoms with Gasteiger partial charge in [-0.1, -0.05) is 27.2 Å². The minimum atomic E-state index is -1.16. The van der Waals surface area contributed by atoms with Crippen molar-refractivity contribution in [3.05, 3.63) is 0 Å². The molecule has 0 bridgehead atoms. The molecule has 4 aliphatic carbocycles. The van der Waals surface area contributed by atoms with E-state index in [0.29, 0.717) is 48.0 Å². The first-order valence-corrected chi connectivity index (χ1v) is 25.4. The Bertz CT molecular complexity index is 1490. The van der Waals surface area contributed by atoms with E-state index in [0.717, 1.165) is 56.3 Å².